The van der Waals surface area contributed by atoms with E-state index < -0.39 is 11.7 Å². The second-order valence-electron chi connectivity index (χ2n) is 8.23. The first kappa shape index (κ1) is 23.4. The van der Waals surface area contributed by atoms with Crippen LogP contribution in [-0.2, 0) is 11.3 Å². The Balaban J connectivity index is 1.56. The molecule has 2 aromatic carbocycles. The predicted molar refractivity (Wildman–Crippen MR) is 134 cm³/mol. The normalized spacial score (nSPS) is 11.1. The summed E-state index contributed by atoms with van der Waals surface area (Å²) in [4.78, 5) is 35.0. The highest BCUT2D eigenvalue weighted by Gasteiger charge is 2.20. The van der Waals surface area contributed by atoms with Crippen LogP contribution in [-0.4, -0.2) is 25.6 Å². The zero-order chi connectivity index (χ0) is 25.4. The topological polar surface area (TPSA) is 103 Å². The third kappa shape index (κ3) is 4.48. The lowest BCUT2D eigenvalue weighted by Gasteiger charge is -2.13. The molecule has 1 amide bonds. The summed E-state index contributed by atoms with van der Waals surface area (Å²) in [5.41, 5.74) is 2.42. The van der Waals surface area contributed by atoms with E-state index in [1.54, 1.807) is 19.1 Å². The lowest BCUT2D eigenvalue weighted by Crippen LogP contribution is -2.22. The lowest BCUT2D eigenvalue weighted by atomic mass is 10.1. The number of carbonyl (C=O) groups excluding carboxylic acids is 1. The minimum Gasteiger partial charge on any atom is -0.333 e. The second kappa shape index (κ2) is 9.35. The molecule has 5 rings (SSSR count). The third-order valence-electron chi connectivity index (χ3n) is 5.62. The Bertz CT molecular complexity index is 1700. The summed E-state index contributed by atoms with van der Waals surface area (Å²) < 4.78 is 21.1. The third-order valence-corrected chi connectivity index (χ3v) is 5.86. The van der Waals surface area contributed by atoms with Gasteiger partial charge < -0.3 is 14.4 Å². The van der Waals surface area contributed by atoms with Crippen molar-refractivity contribution in [2.45, 2.75) is 20.4 Å². The van der Waals surface area contributed by atoms with E-state index in [9.17, 15) is 14.0 Å². The van der Waals surface area contributed by atoms with Crippen LogP contribution in [0.4, 0.5) is 10.1 Å². The van der Waals surface area contributed by atoms with Crippen molar-refractivity contribution < 1.29 is 13.7 Å². The maximum Gasteiger partial charge on any atom is 0.263 e. The molecule has 0 radical (unpaired) electrons. The van der Waals surface area contributed by atoms with Gasteiger partial charge in [0, 0.05) is 22.5 Å². The van der Waals surface area contributed by atoms with E-state index in [1.807, 2.05) is 31.2 Å². The van der Waals surface area contributed by atoms with Crippen LogP contribution in [0.2, 0.25) is 5.02 Å². The number of amides is 1. The molecule has 0 saturated heterocycles. The van der Waals surface area contributed by atoms with Gasteiger partial charge in [0.1, 0.15) is 23.6 Å². The molecule has 0 spiro atoms. The van der Waals surface area contributed by atoms with Crippen molar-refractivity contribution in [3.8, 4) is 22.8 Å². The summed E-state index contributed by atoms with van der Waals surface area (Å²) in [5, 5.41) is 7.05. The Kier molecular flexibility index (Phi) is 6.07. The number of nitrogens with zero attached hydrogens (tertiary/aromatic N) is 4. The van der Waals surface area contributed by atoms with Crippen molar-refractivity contribution in [3.05, 3.63) is 93.1 Å². The number of hydrogen-bond acceptors (Lipinski definition) is 6. The highest BCUT2D eigenvalue weighted by atomic mass is 35.5. The smallest absolute Gasteiger partial charge is 0.263 e. The Morgan fingerprint density at radius 3 is 2.67 bits per heavy atom. The van der Waals surface area contributed by atoms with Crippen molar-refractivity contribution in [2.75, 3.05) is 5.32 Å². The minimum absolute atomic E-state index is 0.0126. The van der Waals surface area contributed by atoms with E-state index in [0.29, 0.717) is 17.2 Å². The van der Waals surface area contributed by atoms with Crippen LogP contribution in [0.1, 0.15) is 11.3 Å². The summed E-state index contributed by atoms with van der Waals surface area (Å²) in [6.07, 6.45) is 1.45. The monoisotopic (exact) mass is 503 g/mol. The first-order chi connectivity index (χ1) is 17.3. The molecule has 1 N–H and O–H groups in total. The van der Waals surface area contributed by atoms with Gasteiger partial charge >= 0.3 is 0 Å². The van der Waals surface area contributed by atoms with Gasteiger partial charge in [-0.1, -0.05) is 41.0 Å². The molecule has 8 nitrogen and oxygen atoms in total. The first-order valence-corrected chi connectivity index (χ1v) is 11.3. The molecule has 0 aliphatic heterocycles. The standard InChI is InChI=1S/C26H19ClFN5O3/c1-14-5-3-4-6-17(14)24-31-26(36-32-24)19-12-33(25-18(23(19)35)9-7-15(2)29-25)13-22(34)30-21-10-8-16(27)11-20(21)28/h3-12H,13H2,1-2H3,(H,30,34). The molecule has 0 aliphatic carbocycles. The molecule has 3 heterocycles. The van der Waals surface area contributed by atoms with Crippen LogP contribution in [0.3, 0.4) is 0 Å². The van der Waals surface area contributed by atoms with Gasteiger partial charge in [-0.15, -0.1) is 0 Å². The van der Waals surface area contributed by atoms with E-state index >= 15 is 0 Å². The maximum atomic E-state index is 14.2. The number of nitrogens with one attached hydrogen (secondary N) is 1. The molecule has 10 heteroatoms. The molecule has 0 atom stereocenters. The second-order valence-corrected chi connectivity index (χ2v) is 8.67. The number of halogens is 2. The quantitative estimate of drug-likeness (QED) is 0.355. The summed E-state index contributed by atoms with van der Waals surface area (Å²) >= 11 is 5.79. The fraction of sp³-hybridized carbons (Fsp3) is 0.115. The van der Waals surface area contributed by atoms with Gasteiger partial charge in [-0.05, 0) is 49.7 Å². The molecule has 0 saturated carbocycles. The minimum atomic E-state index is -0.662. The van der Waals surface area contributed by atoms with Gasteiger partial charge in [-0.25, -0.2) is 9.37 Å². The largest absolute Gasteiger partial charge is 0.333 e. The number of pyridine rings is 2. The SMILES string of the molecule is Cc1ccc2c(=O)c(-c3nc(-c4ccccc4C)no3)cn(CC(=O)Nc3ccc(Cl)cc3F)c2n1. The van der Waals surface area contributed by atoms with Gasteiger partial charge in [0.2, 0.25) is 17.2 Å². The average Bonchev–Trinajstić information content (AvgIpc) is 3.32. The van der Waals surface area contributed by atoms with Crippen LogP contribution in [0.15, 0.2) is 70.1 Å². The van der Waals surface area contributed by atoms with Gasteiger partial charge in [0.05, 0.1) is 11.1 Å². The Morgan fingerprint density at radius 1 is 1.08 bits per heavy atom. The molecule has 0 aliphatic rings. The molecule has 0 fully saturated rings. The number of rotatable bonds is 5. The van der Waals surface area contributed by atoms with E-state index in [2.05, 4.69) is 20.4 Å². The Labute approximate surface area is 209 Å². The molecule has 0 bridgehead atoms. The van der Waals surface area contributed by atoms with Crippen LogP contribution >= 0.6 is 11.6 Å². The molecular weight excluding hydrogens is 485 g/mol. The molecule has 5 aromatic rings. The summed E-state index contributed by atoms with van der Waals surface area (Å²) in [6, 6.07) is 14.8. The zero-order valence-corrected chi connectivity index (χ0v) is 20.0. The van der Waals surface area contributed by atoms with Gasteiger partial charge in [0.15, 0.2) is 0 Å². The van der Waals surface area contributed by atoms with E-state index in [0.717, 1.165) is 17.2 Å². The average molecular weight is 504 g/mol. The van der Waals surface area contributed by atoms with Crippen LogP contribution in [0.25, 0.3) is 33.9 Å². The molecule has 36 heavy (non-hydrogen) atoms. The van der Waals surface area contributed by atoms with Crippen molar-refractivity contribution in [3.63, 3.8) is 0 Å². The summed E-state index contributed by atoms with van der Waals surface area (Å²) in [7, 11) is 0. The predicted octanol–water partition coefficient (Wildman–Crippen LogP) is 5.16. The Morgan fingerprint density at radius 2 is 1.89 bits per heavy atom. The van der Waals surface area contributed by atoms with E-state index in [1.165, 1.54) is 22.9 Å². The van der Waals surface area contributed by atoms with Crippen LogP contribution in [0.5, 0.6) is 0 Å². The molecular formula is C26H19ClFN5O3. The number of aryl methyl sites for hydroxylation is 2. The first-order valence-electron chi connectivity index (χ1n) is 11.0. The summed E-state index contributed by atoms with van der Waals surface area (Å²) in [6.45, 7) is 3.45. The number of hydrogen-bond donors (Lipinski definition) is 1. The molecule has 0 unspecified atom stereocenters. The zero-order valence-electron chi connectivity index (χ0n) is 19.3. The molecule has 180 valence electrons. The lowest BCUT2D eigenvalue weighted by molar-refractivity contribution is -0.116. The van der Waals surface area contributed by atoms with Gasteiger partial charge in [-0.3, -0.25) is 9.59 Å². The van der Waals surface area contributed by atoms with Crippen molar-refractivity contribution in [1.82, 2.24) is 19.7 Å². The highest BCUT2D eigenvalue weighted by molar-refractivity contribution is 6.30. The fourth-order valence-electron chi connectivity index (χ4n) is 3.83. The fourth-order valence-corrected chi connectivity index (χ4v) is 3.99. The van der Waals surface area contributed by atoms with Crippen LogP contribution < -0.4 is 10.7 Å². The van der Waals surface area contributed by atoms with Crippen LogP contribution in [0, 0.1) is 19.7 Å². The number of anilines is 1. The number of carbonyl (C=O) groups is 1. The summed E-state index contributed by atoms with van der Waals surface area (Å²) in [5.74, 6) is -0.836. The van der Waals surface area contributed by atoms with Crippen molar-refractivity contribution in [2.24, 2.45) is 0 Å². The van der Waals surface area contributed by atoms with Gasteiger partial charge in [0.25, 0.3) is 5.89 Å². The van der Waals surface area contributed by atoms with Crippen molar-refractivity contribution >= 4 is 34.2 Å². The Hall–Kier alpha value is -4.37. The van der Waals surface area contributed by atoms with Gasteiger partial charge in [-0.2, -0.15) is 4.98 Å². The number of benzene rings is 2. The highest BCUT2D eigenvalue weighted by Crippen LogP contribution is 2.25. The van der Waals surface area contributed by atoms with E-state index in [-0.39, 0.29) is 39.5 Å². The number of aromatic nitrogens is 4. The molecule has 3 aromatic heterocycles. The van der Waals surface area contributed by atoms with E-state index in [4.69, 9.17) is 16.1 Å². The maximum absolute atomic E-state index is 14.2. The number of fused-ring (bicyclic) bond motifs is 1. The van der Waals surface area contributed by atoms with Crippen molar-refractivity contribution in [1.29, 1.82) is 0 Å².